The van der Waals surface area contributed by atoms with Crippen LogP contribution in [0.1, 0.15) is 37.5 Å². The zero-order valence-electron chi connectivity index (χ0n) is 28.2. The van der Waals surface area contributed by atoms with Gasteiger partial charge in [0.1, 0.15) is 17.2 Å². The van der Waals surface area contributed by atoms with E-state index in [1.165, 1.54) is 27.5 Å². The number of H-pyrrole nitrogens is 1. The van der Waals surface area contributed by atoms with Gasteiger partial charge in [0.05, 0.1) is 22.1 Å². The largest absolute Gasteiger partial charge is 0.443 e. The molecule has 0 bridgehead atoms. The van der Waals surface area contributed by atoms with E-state index in [0.717, 1.165) is 21.3 Å². The molecule has 0 saturated heterocycles. The van der Waals surface area contributed by atoms with Crippen molar-refractivity contribution in [3.05, 3.63) is 128 Å². The van der Waals surface area contributed by atoms with E-state index in [4.69, 9.17) is 16.3 Å². The number of ether oxygens (including phenoxy) is 1. The fourth-order valence-electron chi connectivity index (χ4n) is 5.36. The van der Waals surface area contributed by atoms with Gasteiger partial charge in [-0.25, -0.2) is 33.5 Å². The number of hydrogen-bond acceptors (Lipinski definition) is 9. The summed E-state index contributed by atoms with van der Waals surface area (Å²) in [5.41, 5.74) is 5.57. The molecule has 0 spiro atoms. The predicted molar refractivity (Wildman–Crippen MR) is 193 cm³/mol. The number of aromatic amines is 1. The van der Waals surface area contributed by atoms with Crippen LogP contribution in [0.25, 0.3) is 33.7 Å². The average Bonchev–Trinajstić information content (AvgIpc) is 3.55. The Kier molecular flexibility index (Phi) is 9.09. The van der Waals surface area contributed by atoms with Gasteiger partial charge in [0.25, 0.3) is 0 Å². The highest BCUT2D eigenvalue weighted by atomic mass is 35.5. The topological polar surface area (TPSA) is 155 Å². The molecule has 50 heavy (non-hydrogen) atoms. The van der Waals surface area contributed by atoms with Crippen LogP contribution in [0.2, 0.25) is 5.28 Å². The lowest BCUT2D eigenvalue weighted by Gasteiger charge is -2.19. The average molecular weight is 692 g/mol. The fourth-order valence-corrected chi connectivity index (χ4v) is 5.50. The summed E-state index contributed by atoms with van der Waals surface area (Å²) in [5.74, 6) is 1.24. The minimum atomic E-state index is -0.748. The Morgan fingerprint density at radius 3 is 2.06 bits per heavy atom. The Balaban J connectivity index is 0.000000174. The minimum absolute atomic E-state index is 0.00787. The summed E-state index contributed by atoms with van der Waals surface area (Å²) in [6.45, 7) is 11.5. The van der Waals surface area contributed by atoms with Crippen LogP contribution in [0.3, 0.4) is 0 Å². The second-order valence-corrected chi connectivity index (χ2v) is 12.8. The Morgan fingerprint density at radius 1 is 0.800 bits per heavy atom. The Hall–Kier alpha value is -6.08. The lowest BCUT2D eigenvalue weighted by Crippen LogP contribution is -2.34. The third-order valence-corrected chi connectivity index (χ3v) is 7.99. The van der Waals surface area contributed by atoms with Crippen LogP contribution in [-0.4, -0.2) is 50.3 Å². The minimum Gasteiger partial charge on any atom is -0.443 e. The smallest absolute Gasteiger partial charge is 0.423 e. The van der Waals surface area contributed by atoms with Crippen molar-refractivity contribution >= 4 is 51.4 Å². The van der Waals surface area contributed by atoms with E-state index in [-0.39, 0.29) is 16.8 Å². The number of aromatic nitrogens is 8. The molecule has 0 radical (unpaired) electrons. The standard InChI is InChI=1S/C20H19N5O.C16H15ClN4O3/c1-12-10-15(11-13(2)14(12)3)22-19-21-9-8-18(24-19)25-17-7-5-4-6-16(17)23-20(25)26;1-16(2,3)24-15(23)21-11-7-5-4-6-10(11)20(14(21)22)12-8-9-18-13(17)19-12/h4-11H,1-3H3,(H,23,26)(H,21,22,24);4-9H,1-3H3. The van der Waals surface area contributed by atoms with Crippen LogP contribution in [0.15, 0.2) is 94.8 Å². The number of hydrogen-bond donors (Lipinski definition) is 2. The molecule has 0 saturated carbocycles. The molecule has 0 aliphatic rings. The summed E-state index contributed by atoms with van der Waals surface area (Å²) < 4.78 is 9.17. The van der Waals surface area contributed by atoms with Gasteiger partial charge in [0.2, 0.25) is 11.2 Å². The van der Waals surface area contributed by atoms with E-state index in [2.05, 4.69) is 63.1 Å². The molecule has 254 valence electrons. The van der Waals surface area contributed by atoms with Crippen LogP contribution >= 0.6 is 11.6 Å². The van der Waals surface area contributed by atoms with Crippen molar-refractivity contribution in [3.63, 3.8) is 0 Å². The first kappa shape index (κ1) is 33.8. The van der Waals surface area contributed by atoms with Crippen molar-refractivity contribution in [1.29, 1.82) is 0 Å². The summed E-state index contributed by atoms with van der Waals surface area (Å²) in [6.07, 6.45) is 2.34. The van der Waals surface area contributed by atoms with Crippen molar-refractivity contribution in [2.75, 3.05) is 5.32 Å². The molecule has 7 aromatic rings. The lowest BCUT2D eigenvalue weighted by atomic mass is 10.0. The molecule has 14 heteroatoms. The van der Waals surface area contributed by atoms with Gasteiger partial charge in [-0.05, 0) is 106 Å². The number of benzene rings is 3. The highest BCUT2D eigenvalue weighted by Crippen LogP contribution is 2.22. The molecule has 0 aliphatic carbocycles. The van der Waals surface area contributed by atoms with Crippen molar-refractivity contribution in [2.24, 2.45) is 0 Å². The maximum absolute atomic E-state index is 12.8. The first-order chi connectivity index (χ1) is 23.8. The number of nitrogens with zero attached hydrogens (tertiary/aromatic N) is 7. The van der Waals surface area contributed by atoms with E-state index in [1.807, 2.05) is 24.3 Å². The zero-order chi connectivity index (χ0) is 35.7. The summed E-state index contributed by atoms with van der Waals surface area (Å²) in [6, 6.07) is 21.8. The van der Waals surface area contributed by atoms with E-state index in [1.54, 1.807) is 67.9 Å². The summed E-state index contributed by atoms with van der Waals surface area (Å²) >= 11 is 5.82. The number of nitrogens with one attached hydrogen (secondary N) is 2. The molecule has 0 atom stereocenters. The zero-order valence-corrected chi connectivity index (χ0v) is 29.0. The molecule has 13 nitrogen and oxygen atoms in total. The van der Waals surface area contributed by atoms with Crippen molar-refractivity contribution < 1.29 is 9.53 Å². The number of fused-ring (bicyclic) bond motifs is 2. The number of carbonyl (C=O) groups is 1. The van der Waals surface area contributed by atoms with E-state index < -0.39 is 17.4 Å². The third-order valence-electron chi connectivity index (χ3n) is 7.81. The molecule has 4 heterocycles. The van der Waals surface area contributed by atoms with Gasteiger partial charge < -0.3 is 15.0 Å². The van der Waals surface area contributed by atoms with Gasteiger partial charge in [-0.1, -0.05) is 24.3 Å². The molecular weight excluding hydrogens is 658 g/mol. The molecule has 4 aromatic heterocycles. The molecular formula is C36H34ClN9O4. The number of halogens is 1. The van der Waals surface area contributed by atoms with Crippen molar-refractivity contribution in [3.8, 4) is 11.6 Å². The molecule has 2 N–H and O–H groups in total. The van der Waals surface area contributed by atoms with Gasteiger partial charge >= 0.3 is 17.5 Å². The lowest BCUT2D eigenvalue weighted by molar-refractivity contribution is 0.0538. The highest BCUT2D eigenvalue weighted by molar-refractivity contribution is 6.28. The second-order valence-electron chi connectivity index (χ2n) is 12.5. The summed E-state index contributed by atoms with van der Waals surface area (Å²) in [4.78, 5) is 57.2. The molecule has 7 rings (SSSR count). The third kappa shape index (κ3) is 6.89. The molecule has 3 aromatic carbocycles. The van der Waals surface area contributed by atoms with Crippen molar-refractivity contribution in [1.82, 2.24) is 38.6 Å². The van der Waals surface area contributed by atoms with Crippen LogP contribution in [-0.2, 0) is 4.74 Å². The quantitative estimate of drug-likeness (QED) is 0.190. The summed E-state index contributed by atoms with van der Waals surface area (Å²) in [7, 11) is 0. The number of aryl methyl sites for hydroxylation is 2. The van der Waals surface area contributed by atoms with Crippen LogP contribution < -0.4 is 16.7 Å². The second kappa shape index (κ2) is 13.4. The number of imidazole rings is 2. The Bertz CT molecular complexity index is 2480. The van der Waals surface area contributed by atoms with E-state index in [0.29, 0.717) is 22.8 Å². The number of para-hydroxylation sites is 4. The van der Waals surface area contributed by atoms with Crippen LogP contribution in [0, 0.1) is 20.8 Å². The van der Waals surface area contributed by atoms with Gasteiger partial charge in [-0.3, -0.25) is 0 Å². The number of carbonyl (C=O) groups excluding carboxylic acids is 1. The van der Waals surface area contributed by atoms with E-state index >= 15 is 0 Å². The maximum Gasteiger partial charge on any atom is 0.423 e. The SMILES string of the molecule is CC(C)(C)OC(=O)n1c(=O)n(-c2ccnc(Cl)n2)c2ccccc21.Cc1cc(Nc2nccc(-n3c(=O)[nH]c4ccccc43)n2)cc(C)c1C. The maximum atomic E-state index is 12.8. The van der Waals surface area contributed by atoms with Gasteiger partial charge in [-0.2, -0.15) is 14.5 Å². The highest BCUT2D eigenvalue weighted by Gasteiger charge is 2.25. The molecule has 0 amide bonds. The summed E-state index contributed by atoms with van der Waals surface area (Å²) in [5, 5.41) is 3.24. The molecule has 0 unspecified atom stereocenters. The van der Waals surface area contributed by atoms with Gasteiger partial charge in [-0.15, -0.1) is 0 Å². The monoisotopic (exact) mass is 691 g/mol. The first-order valence-corrected chi connectivity index (χ1v) is 16.0. The fraction of sp³-hybridized carbons (Fsp3) is 0.194. The first-order valence-electron chi connectivity index (χ1n) is 15.6. The Morgan fingerprint density at radius 2 is 1.40 bits per heavy atom. The van der Waals surface area contributed by atoms with Crippen LogP contribution in [0.5, 0.6) is 0 Å². The number of anilines is 2. The number of rotatable bonds is 4. The molecule has 0 aliphatic heterocycles. The Labute approximate surface area is 291 Å². The predicted octanol–water partition coefficient (Wildman–Crippen LogP) is 6.80. The molecule has 0 fully saturated rings. The van der Waals surface area contributed by atoms with Gasteiger partial charge in [0, 0.05) is 30.2 Å². The van der Waals surface area contributed by atoms with Crippen LogP contribution in [0.4, 0.5) is 16.4 Å². The van der Waals surface area contributed by atoms with Gasteiger partial charge in [0.15, 0.2) is 0 Å². The van der Waals surface area contributed by atoms with E-state index in [9.17, 15) is 14.4 Å². The van der Waals surface area contributed by atoms with Crippen molar-refractivity contribution in [2.45, 2.75) is 47.1 Å². The normalized spacial score (nSPS) is 11.3.